The summed E-state index contributed by atoms with van der Waals surface area (Å²) in [6.45, 7) is 2.95. The first kappa shape index (κ1) is 12.8. The second-order valence-electron chi connectivity index (χ2n) is 4.56. The summed E-state index contributed by atoms with van der Waals surface area (Å²) in [6.07, 6.45) is 7.27. The molecule has 0 amide bonds. The molecule has 5 heteroatoms. The third kappa shape index (κ3) is 3.16. The van der Waals surface area contributed by atoms with Crippen LogP contribution in [-0.2, 0) is 6.42 Å². The quantitative estimate of drug-likeness (QED) is 0.876. The Bertz CT molecular complexity index is 336. The van der Waals surface area contributed by atoms with Crippen molar-refractivity contribution in [3.05, 3.63) is 5.82 Å². The minimum Gasteiger partial charge on any atom is -0.395 e. The maximum Gasteiger partial charge on any atom is 0.205 e. The van der Waals surface area contributed by atoms with E-state index in [0.717, 1.165) is 17.4 Å². The van der Waals surface area contributed by atoms with Gasteiger partial charge in [-0.25, -0.2) is 4.98 Å². The van der Waals surface area contributed by atoms with Crippen LogP contribution in [-0.4, -0.2) is 33.7 Å². The van der Waals surface area contributed by atoms with Crippen molar-refractivity contribution in [2.24, 2.45) is 0 Å². The average Bonchev–Trinajstić information content (AvgIpc) is 2.85. The van der Waals surface area contributed by atoms with Gasteiger partial charge in [-0.3, -0.25) is 0 Å². The molecule has 0 bridgehead atoms. The lowest BCUT2D eigenvalue weighted by Gasteiger charge is -2.33. The van der Waals surface area contributed by atoms with E-state index in [0.29, 0.717) is 12.6 Å². The van der Waals surface area contributed by atoms with Gasteiger partial charge in [0, 0.05) is 30.5 Å². The van der Waals surface area contributed by atoms with Gasteiger partial charge in [-0.2, -0.15) is 4.37 Å². The van der Waals surface area contributed by atoms with E-state index in [1.54, 1.807) is 0 Å². The summed E-state index contributed by atoms with van der Waals surface area (Å²) >= 11 is 1.47. The topological polar surface area (TPSA) is 49.2 Å². The molecule has 0 aromatic carbocycles. The zero-order chi connectivity index (χ0) is 12.1. The van der Waals surface area contributed by atoms with Crippen molar-refractivity contribution < 1.29 is 5.11 Å². The summed E-state index contributed by atoms with van der Waals surface area (Å²) in [6, 6.07) is 0.550. The number of aliphatic hydroxyl groups excluding tert-OH is 1. The SMILES string of the molecule is CCc1nsc(N(CCO)C2CCCCC2)n1. The Morgan fingerprint density at radius 2 is 2.12 bits per heavy atom. The van der Waals surface area contributed by atoms with E-state index < -0.39 is 0 Å². The second-order valence-corrected chi connectivity index (χ2v) is 5.29. The van der Waals surface area contributed by atoms with E-state index in [4.69, 9.17) is 0 Å². The number of hydrogen-bond donors (Lipinski definition) is 1. The smallest absolute Gasteiger partial charge is 0.205 e. The van der Waals surface area contributed by atoms with Crippen molar-refractivity contribution in [2.45, 2.75) is 51.5 Å². The van der Waals surface area contributed by atoms with E-state index in [1.165, 1.54) is 43.6 Å². The zero-order valence-electron chi connectivity index (χ0n) is 10.4. The number of aromatic nitrogens is 2. The maximum absolute atomic E-state index is 9.21. The van der Waals surface area contributed by atoms with Crippen molar-refractivity contribution in [3.63, 3.8) is 0 Å². The van der Waals surface area contributed by atoms with Gasteiger partial charge < -0.3 is 10.0 Å². The normalized spacial score (nSPS) is 17.3. The van der Waals surface area contributed by atoms with E-state index in [-0.39, 0.29) is 6.61 Å². The van der Waals surface area contributed by atoms with Crippen LogP contribution in [0.5, 0.6) is 0 Å². The fourth-order valence-electron chi connectivity index (χ4n) is 2.44. The predicted molar refractivity (Wildman–Crippen MR) is 70.6 cm³/mol. The molecule has 0 unspecified atom stereocenters. The Morgan fingerprint density at radius 3 is 2.71 bits per heavy atom. The van der Waals surface area contributed by atoms with Crippen LogP contribution >= 0.6 is 11.5 Å². The molecule has 1 heterocycles. The molecule has 1 aromatic rings. The molecular formula is C12H21N3OS. The minimum absolute atomic E-state index is 0.192. The van der Waals surface area contributed by atoms with E-state index in [1.807, 2.05) is 0 Å². The van der Waals surface area contributed by atoms with Crippen molar-refractivity contribution >= 4 is 16.7 Å². The van der Waals surface area contributed by atoms with Gasteiger partial charge in [0.05, 0.1) is 6.61 Å². The molecule has 17 heavy (non-hydrogen) atoms. The molecular weight excluding hydrogens is 234 g/mol. The molecule has 1 saturated carbocycles. The molecule has 4 nitrogen and oxygen atoms in total. The highest BCUT2D eigenvalue weighted by Gasteiger charge is 2.23. The standard InChI is InChI=1S/C12H21N3OS/c1-2-11-13-12(17-14-11)15(8-9-16)10-6-4-3-5-7-10/h10,16H,2-9H2,1H3. The number of anilines is 1. The van der Waals surface area contributed by atoms with Crippen LogP contribution in [0.25, 0.3) is 0 Å². The van der Waals surface area contributed by atoms with Crippen LogP contribution in [0.3, 0.4) is 0 Å². The fraction of sp³-hybridized carbons (Fsp3) is 0.833. The summed E-state index contributed by atoms with van der Waals surface area (Å²) < 4.78 is 4.34. The van der Waals surface area contributed by atoms with Gasteiger partial charge in [0.1, 0.15) is 5.82 Å². The van der Waals surface area contributed by atoms with Gasteiger partial charge >= 0.3 is 0 Å². The van der Waals surface area contributed by atoms with Crippen molar-refractivity contribution in [1.82, 2.24) is 9.36 Å². The van der Waals surface area contributed by atoms with Crippen LogP contribution in [0.2, 0.25) is 0 Å². The van der Waals surface area contributed by atoms with Crippen molar-refractivity contribution in [3.8, 4) is 0 Å². The molecule has 0 atom stereocenters. The Kier molecular flexibility index (Phi) is 4.74. The molecule has 1 aromatic heterocycles. The molecule has 1 N–H and O–H groups in total. The molecule has 0 radical (unpaired) electrons. The van der Waals surface area contributed by atoms with Gasteiger partial charge in [-0.1, -0.05) is 26.2 Å². The molecule has 1 fully saturated rings. The number of rotatable bonds is 5. The van der Waals surface area contributed by atoms with Gasteiger partial charge in [0.15, 0.2) is 0 Å². The maximum atomic E-state index is 9.21. The first-order valence-corrected chi connectivity index (χ1v) is 7.32. The zero-order valence-corrected chi connectivity index (χ0v) is 11.2. The van der Waals surface area contributed by atoms with E-state index in [2.05, 4.69) is 21.2 Å². The second kappa shape index (κ2) is 6.31. The number of aryl methyl sites for hydroxylation is 1. The lowest BCUT2D eigenvalue weighted by Crippen LogP contribution is -2.38. The predicted octanol–water partition coefficient (Wildman–Crippen LogP) is 2.23. The van der Waals surface area contributed by atoms with Crippen LogP contribution < -0.4 is 4.90 Å². The molecule has 1 aliphatic rings. The van der Waals surface area contributed by atoms with Gasteiger partial charge in [0.25, 0.3) is 0 Å². The van der Waals surface area contributed by atoms with Crippen LogP contribution in [0.1, 0.15) is 44.9 Å². The third-order valence-corrected chi connectivity index (χ3v) is 4.17. The summed E-state index contributed by atoms with van der Waals surface area (Å²) in [5.41, 5.74) is 0. The first-order chi connectivity index (χ1) is 8.35. The summed E-state index contributed by atoms with van der Waals surface area (Å²) in [5.74, 6) is 0.920. The Labute approximate surface area is 107 Å². The highest BCUT2D eigenvalue weighted by atomic mass is 32.1. The van der Waals surface area contributed by atoms with Crippen LogP contribution in [0.4, 0.5) is 5.13 Å². The van der Waals surface area contributed by atoms with Crippen molar-refractivity contribution in [2.75, 3.05) is 18.1 Å². The number of hydrogen-bond acceptors (Lipinski definition) is 5. The summed E-state index contributed by atoms with van der Waals surface area (Å²) in [7, 11) is 0. The Morgan fingerprint density at radius 1 is 1.35 bits per heavy atom. The van der Waals surface area contributed by atoms with Crippen LogP contribution in [0, 0.1) is 0 Å². The van der Waals surface area contributed by atoms with Gasteiger partial charge in [-0.15, -0.1) is 0 Å². The number of nitrogens with zero attached hydrogens (tertiary/aromatic N) is 3. The lowest BCUT2D eigenvalue weighted by atomic mass is 9.94. The highest BCUT2D eigenvalue weighted by Crippen LogP contribution is 2.28. The molecule has 0 spiro atoms. The Hall–Kier alpha value is -0.680. The lowest BCUT2D eigenvalue weighted by molar-refractivity contribution is 0.290. The summed E-state index contributed by atoms with van der Waals surface area (Å²) in [4.78, 5) is 6.81. The molecule has 0 aliphatic heterocycles. The van der Waals surface area contributed by atoms with Crippen LogP contribution in [0.15, 0.2) is 0 Å². The minimum atomic E-state index is 0.192. The van der Waals surface area contributed by atoms with E-state index >= 15 is 0 Å². The fourth-order valence-corrected chi connectivity index (χ4v) is 3.29. The van der Waals surface area contributed by atoms with Gasteiger partial charge in [0.2, 0.25) is 5.13 Å². The summed E-state index contributed by atoms with van der Waals surface area (Å²) in [5, 5.41) is 10.2. The average molecular weight is 255 g/mol. The van der Waals surface area contributed by atoms with Crippen molar-refractivity contribution in [1.29, 1.82) is 0 Å². The first-order valence-electron chi connectivity index (χ1n) is 6.55. The monoisotopic (exact) mass is 255 g/mol. The molecule has 0 saturated heterocycles. The van der Waals surface area contributed by atoms with E-state index in [9.17, 15) is 5.11 Å². The Balaban J connectivity index is 2.09. The largest absolute Gasteiger partial charge is 0.395 e. The molecule has 1 aliphatic carbocycles. The van der Waals surface area contributed by atoms with Gasteiger partial charge in [-0.05, 0) is 12.8 Å². The molecule has 96 valence electrons. The third-order valence-electron chi connectivity index (χ3n) is 3.38. The number of aliphatic hydroxyl groups is 1. The highest BCUT2D eigenvalue weighted by molar-refractivity contribution is 7.09. The molecule has 2 rings (SSSR count).